The minimum absolute atomic E-state index is 0.294. The number of benzene rings is 1. The van der Waals surface area contributed by atoms with Crippen LogP contribution in [0.1, 0.15) is 24.2 Å². The van der Waals surface area contributed by atoms with E-state index in [1.807, 2.05) is 0 Å². The Balaban J connectivity index is 2.67. The molecule has 0 spiro atoms. The molecule has 100 valence electrons. The number of halogens is 1. The monoisotopic (exact) mass is 254 g/mol. The summed E-state index contributed by atoms with van der Waals surface area (Å²) in [5, 5.41) is 11.9. The quantitative estimate of drug-likeness (QED) is 0.783. The molecule has 0 fully saturated rings. The maximum absolute atomic E-state index is 13.4. The average Bonchev–Trinajstić information content (AvgIpc) is 2.34. The van der Waals surface area contributed by atoms with Crippen LogP contribution >= 0.6 is 0 Å². The molecule has 1 aromatic rings. The summed E-state index contributed by atoms with van der Waals surface area (Å²) in [6.07, 6.45) is 0. The lowest BCUT2D eigenvalue weighted by molar-refractivity contribution is 0.0693. The number of carboxylic acid groups (broad SMARTS) is 1. The second kappa shape index (κ2) is 6.96. The Hall–Kier alpha value is -1.62. The molecule has 0 aromatic heterocycles. The molecule has 18 heavy (non-hydrogen) atoms. The molecule has 0 aliphatic rings. The van der Waals surface area contributed by atoms with Crippen LogP contribution in [0.25, 0.3) is 0 Å². The lowest BCUT2D eigenvalue weighted by Crippen LogP contribution is -2.29. The van der Waals surface area contributed by atoms with Gasteiger partial charge in [0, 0.05) is 13.1 Å². The topological polar surface area (TPSA) is 52.6 Å². The van der Waals surface area contributed by atoms with Crippen molar-refractivity contribution in [3.63, 3.8) is 0 Å². The van der Waals surface area contributed by atoms with Crippen molar-refractivity contribution in [2.45, 2.75) is 13.8 Å². The molecule has 4 nitrogen and oxygen atoms in total. The van der Waals surface area contributed by atoms with Gasteiger partial charge in [-0.1, -0.05) is 19.9 Å². The number of aromatic carboxylic acids is 1. The number of rotatable bonds is 7. The predicted molar refractivity (Wildman–Crippen MR) is 69.6 cm³/mol. The molecule has 0 saturated carbocycles. The van der Waals surface area contributed by atoms with E-state index in [0.717, 1.165) is 25.7 Å². The largest absolute Gasteiger partial charge is 0.478 e. The fourth-order valence-corrected chi connectivity index (χ4v) is 1.78. The van der Waals surface area contributed by atoms with Crippen molar-refractivity contribution in [1.29, 1.82) is 0 Å². The molecule has 0 radical (unpaired) electrons. The number of anilines is 1. The maximum Gasteiger partial charge on any atom is 0.340 e. The van der Waals surface area contributed by atoms with Crippen LogP contribution in [-0.2, 0) is 0 Å². The number of likely N-dealkylation sites (N-methyl/N-ethyl adjacent to an activating group) is 1. The molecule has 1 rings (SSSR count). The lowest BCUT2D eigenvalue weighted by atomic mass is 10.1. The Morgan fingerprint density at radius 2 is 2.06 bits per heavy atom. The first-order valence-corrected chi connectivity index (χ1v) is 6.08. The predicted octanol–water partition coefficient (Wildman–Crippen LogP) is 2.28. The minimum atomic E-state index is -1.25. The summed E-state index contributed by atoms with van der Waals surface area (Å²) in [6.45, 7) is 7.39. The fraction of sp³-hybridized carbons (Fsp3) is 0.462. The van der Waals surface area contributed by atoms with E-state index < -0.39 is 11.8 Å². The molecule has 0 aliphatic heterocycles. The zero-order valence-electron chi connectivity index (χ0n) is 10.7. The van der Waals surface area contributed by atoms with Gasteiger partial charge in [0.05, 0.1) is 5.69 Å². The molecular formula is C13H19FN2O2. The number of carboxylic acids is 1. The van der Waals surface area contributed by atoms with Gasteiger partial charge in [0.2, 0.25) is 0 Å². The molecular weight excluding hydrogens is 235 g/mol. The van der Waals surface area contributed by atoms with Crippen LogP contribution in [0.4, 0.5) is 10.1 Å². The molecule has 0 amide bonds. The Morgan fingerprint density at radius 3 is 2.61 bits per heavy atom. The van der Waals surface area contributed by atoms with Gasteiger partial charge in [-0.3, -0.25) is 0 Å². The molecule has 0 bridgehead atoms. The van der Waals surface area contributed by atoms with Gasteiger partial charge in [0.1, 0.15) is 11.4 Å². The molecule has 0 heterocycles. The van der Waals surface area contributed by atoms with E-state index in [1.54, 1.807) is 6.07 Å². The molecule has 0 saturated heterocycles. The Labute approximate surface area is 106 Å². The van der Waals surface area contributed by atoms with Gasteiger partial charge in [-0.15, -0.1) is 0 Å². The second-order valence-electron chi connectivity index (χ2n) is 3.92. The zero-order chi connectivity index (χ0) is 13.5. The highest BCUT2D eigenvalue weighted by Gasteiger charge is 2.15. The van der Waals surface area contributed by atoms with Crippen LogP contribution in [0, 0.1) is 5.82 Å². The number of carbonyl (C=O) groups is 1. The van der Waals surface area contributed by atoms with Crippen LogP contribution in [0.15, 0.2) is 18.2 Å². The third-order valence-corrected chi connectivity index (χ3v) is 2.87. The first-order valence-electron chi connectivity index (χ1n) is 6.08. The molecule has 0 aliphatic carbocycles. The van der Waals surface area contributed by atoms with Gasteiger partial charge in [-0.05, 0) is 25.2 Å². The Bertz CT molecular complexity index is 406. The van der Waals surface area contributed by atoms with Gasteiger partial charge >= 0.3 is 5.97 Å². The van der Waals surface area contributed by atoms with E-state index in [9.17, 15) is 9.18 Å². The maximum atomic E-state index is 13.4. The summed E-state index contributed by atoms with van der Waals surface area (Å²) in [5.74, 6) is -1.96. The van der Waals surface area contributed by atoms with Crippen molar-refractivity contribution < 1.29 is 14.3 Å². The summed E-state index contributed by atoms with van der Waals surface area (Å²) in [5.41, 5.74) is 0.0340. The highest BCUT2D eigenvalue weighted by atomic mass is 19.1. The van der Waals surface area contributed by atoms with Gasteiger partial charge in [0.15, 0.2) is 0 Å². The van der Waals surface area contributed by atoms with Gasteiger partial charge in [-0.2, -0.15) is 0 Å². The van der Waals surface area contributed by atoms with Crippen LogP contribution in [0.3, 0.4) is 0 Å². The van der Waals surface area contributed by atoms with Gasteiger partial charge in [-0.25, -0.2) is 9.18 Å². The highest BCUT2D eigenvalue weighted by molar-refractivity contribution is 5.94. The zero-order valence-corrected chi connectivity index (χ0v) is 10.7. The van der Waals surface area contributed by atoms with Gasteiger partial charge in [0.25, 0.3) is 0 Å². The Morgan fingerprint density at radius 1 is 1.39 bits per heavy atom. The van der Waals surface area contributed by atoms with Crippen LogP contribution in [-0.4, -0.2) is 42.2 Å². The van der Waals surface area contributed by atoms with Crippen molar-refractivity contribution in [2.75, 3.05) is 31.5 Å². The molecule has 0 atom stereocenters. The van der Waals surface area contributed by atoms with Crippen molar-refractivity contribution in [3.05, 3.63) is 29.6 Å². The smallest absolute Gasteiger partial charge is 0.340 e. The molecule has 2 N–H and O–H groups in total. The minimum Gasteiger partial charge on any atom is -0.478 e. The molecule has 1 aromatic carbocycles. The average molecular weight is 254 g/mol. The SMILES string of the molecule is CCN(CC)CCNc1cccc(F)c1C(=O)O. The van der Waals surface area contributed by atoms with E-state index in [2.05, 4.69) is 24.1 Å². The summed E-state index contributed by atoms with van der Waals surface area (Å²) >= 11 is 0. The van der Waals surface area contributed by atoms with E-state index >= 15 is 0 Å². The van der Waals surface area contributed by atoms with Crippen molar-refractivity contribution in [1.82, 2.24) is 4.90 Å². The van der Waals surface area contributed by atoms with Gasteiger partial charge < -0.3 is 15.3 Å². The summed E-state index contributed by atoms with van der Waals surface area (Å²) in [4.78, 5) is 13.2. The number of nitrogens with one attached hydrogen (secondary N) is 1. The van der Waals surface area contributed by atoms with E-state index in [4.69, 9.17) is 5.11 Å². The van der Waals surface area contributed by atoms with E-state index in [1.165, 1.54) is 6.07 Å². The number of hydrogen-bond acceptors (Lipinski definition) is 3. The molecule has 0 unspecified atom stereocenters. The third-order valence-electron chi connectivity index (χ3n) is 2.87. The first-order chi connectivity index (χ1) is 8.60. The van der Waals surface area contributed by atoms with Crippen LogP contribution in [0.5, 0.6) is 0 Å². The van der Waals surface area contributed by atoms with Crippen molar-refractivity contribution >= 4 is 11.7 Å². The first kappa shape index (κ1) is 14.4. The summed E-state index contributed by atoms with van der Waals surface area (Å²) < 4.78 is 13.4. The lowest BCUT2D eigenvalue weighted by Gasteiger charge is -2.19. The fourth-order valence-electron chi connectivity index (χ4n) is 1.78. The van der Waals surface area contributed by atoms with Crippen LogP contribution < -0.4 is 5.32 Å². The number of nitrogens with zero attached hydrogens (tertiary/aromatic N) is 1. The van der Waals surface area contributed by atoms with Crippen molar-refractivity contribution in [3.8, 4) is 0 Å². The number of hydrogen-bond donors (Lipinski definition) is 2. The van der Waals surface area contributed by atoms with E-state index in [0.29, 0.717) is 12.2 Å². The summed E-state index contributed by atoms with van der Waals surface area (Å²) in [6, 6.07) is 4.23. The van der Waals surface area contributed by atoms with Crippen LogP contribution in [0.2, 0.25) is 0 Å². The second-order valence-corrected chi connectivity index (χ2v) is 3.92. The Kier molecular flexibility index (Phi) is 5.58. The van der Waals surface area contributed by atoms with E-state index in [-0.39, 0.29) is 5.56 Å². The highest BCUT2D eigenvalue weighted by Crippen LogP contribution is 2.18. The van der Waals surface area contributed by atoms with Crippen molar-refractivity contribution in [2.24, 2.45) is 0 Å². The third kappa shape index (κ3) is 3.70. The summed E-state index contributed by atoms with van der Waals surface area (Å²) in [7, 11) is 0. The normalized spacial score (nSPS) is 10.7. The standard InChI is InChI=1S/C13H19FN2O2/c1-3-16(4-2)9-8-15-11-7-5-6-10(14)12(11)13(17)18/h5-7,15H,3-4,8-9H2,1-2H3,(H,17,18). The molecule has 5 heteroatoms.